The Hall–Kier alpha value is -2.56. The van der Waals surface area contributed by atoms with Gasteiger partial charge in [-0.1, -0.05) is 12.1 Å². The minimum absolute atomic E-state index is 0.0744. The first-order chi connectivity index (χ1) is 10.1. The van der Waals surface area contributed by atoms with Crippen molar-refractivity contribution in [3.63, 3.8) is 0 Å². The van der Waals surface area contributed by atoms with Crippen molar-refractivity contribution in [2.45, 2.75) is 20.4 Å². The number of ether oxygens (including phenoxy) is 1. The summed E-state index contributed by atoms with van der Waals surface area (Å²) < 4.78 is 5.03. The van der Waals surface area contributed by atoms with E-state index in [9.17, 15) is 4.79 Å². The van der Waals surface area contributed by atoms with E-state index in [0.29, 0.717) is 12.4 Å². The average Bonchev–Trinajstić information content (AvgIpc) is 2.48. The van der Waals surface area contributed by atoms with Gasteiger partial charge in [0.25, 0.3) is 0 Å². The molecule has 2 aromatic rings. The highest BCUT2D eigenvalue weighted by atomic mass is 16.5. The molecule has 0 saturated heterocycles. The van der Waals surface area contributed by atoms with Crippen LogP contribution in [0.2, 0.25) is 0 Å². The van der Waals surface area contributed by atoms with Gasteiger partial charge in [0.05, 0.1) is 7.11 Å². The largest absolute Gasteiger partial charge is 0.481 e. The first kappa shape index (κ1) is 14.8. The molecule has 2 N–H and O–H groups in total. The van der Waals surface area contributed by atoms with Crippen LogP contribution < -0.4 is 15.4 Å². The van der Waals surface area contributed by atoms with Crippen molar-refractivity contribution < 1.29 is 9.53 Å². The van der Waals surface area contributed by atoms with Crippen LogP contribution in [0.3, 0.4) is 0 Å². The van der Waals surface area contributed by atoms with Gasteiger partial charge in [0.2, 0.25) is 11.8 Å². The summed E-state index contributed by atoms with van der Waals surface area (Å²) in [4.78, 5) is 15.3. The molecule has 5 nitrogen and oxygen atoms in total. The van der Waals surface area contributed by atoms with Crippen molar-refractivity contribution in [3.05, 3.63) is 47.7 Å². The van der Waals surface area contributed by atoms with Crippen LogP contribution in [-0.2, 0) is 11.3 Å². The molecule has 0 saturated carbocycles. The molecule has 0 spiro atoms. The standard InChI is InChI=1S/C16H19N3O2/c1-11-4-6-14(8-15(11)19-12(2)20)17-9-13-5-7-16(21-3)18-10-13/h4-8,10,17H,9H2,1-3H3,(H,19,20). The zero-order valence-corrected chi connectivity index (χ0v) is 12.4. The summed E-state index contributed by atoms with van der Waals surface area (Å²) in [6.07, 6.45) is 1.77. The maximum atomic E-state index is 11.2. The molecule has 5 heteroatoms. The summed E-state index contributed by atoms with van der Waals surface area (Å²) in [7, 11) is 1.59. The topological polar surface area (TPSA) is 63.2 Å². The second kappa shape index (κ2) is 6.74. The lowest BCUT2D eigenvalue weighted by Crippen LogP contribution is -2.08. The number of carbonyl (C=O) groups is 1. The second-order valence-corrected chi connectivity index (χ2v) is 4.77. The molecular formula is C16H19N3O2. The van der Waals surface area contributed by atoms with Gasteiger partial charge in [-0.05, 0) is 30.2 Å². The summed E-state index contributed by atoms with van der Waals surface area (Å²) in [6, 6.07) is 9.67. The molecule has 110 valence electrons. The first-order valence-electron chi connectivity index (χ1n) is 6.69. The molecule has 1 aromatic carbocycles. The quantitative estimate of drug-likeness (QED) is 0.886. The number of amides is 1. The van der Waals surface area contributed by atoms with E-state index in [4.69, 9.17) is 4.74 Å². The third-order valence-electron chi connectivity index (χ3n) is 3.05. The summed E-state index contributed by atoms with van der Waals surface area (Å²) >= 11 is 0. The van der Waals surface area contributed by atoms with Crippen LogP contribution in [0.15, 0.2) is 36.5 Å². The van der Waals surface area contributed by atoms with E-state index in [0.717, 1.165) is 22.5 Å². The van der Waals surface area contributed by atoms with Crippen molar-refractivity contribution in [3.8, 4) is 5.88 Å². The van der Waals surface area contributed by atoms with E-state index in [2.05, 4.69) is 15.6 Å². The van der Waals surface area contributed by atoms with E-state index < -0.39 is 0 Å². The lowest BCUT2D eigenvalue weighted by Gasteiger charge is -2.11. The number of aromatic nitrogens is 1. The van der Waals surface area contributed by atoms with Crippen molar-refractivity contribution in [1.29, 1.82) is 0 Å². The highest BCUT2D eigenvalue weighted by Gasteiger charge is 2.02. The van der Waals surface area contributed by atoms with Gasteiger partial charge in [-0.2, -0.15) is 0 Å². The molecule has 0 aliphatic carbocycles. The first-order valence-corrected chi connectivity index (χ1v) is 6.69. The Bertz CT molecular complexity index is 624. The summed E-state index contributed by atoms with van der Waals surface area (Å²) in [5.74, 6) is 0.525. The lowest BCUT2D eigenvalue weighted by atomic mass is 10.1. The zero-order chi connectivity index (χ0) is 15.2. The van der Waals surface area contributed by atoms with Gasteiger partial charge in [-0.25, -0.2) is 4.98 Å². The van der Waals surface area contributed by atoms with Gasteiger partial charge in [0.15, 0.2) is 0 Å². The fourth-order valence-corrected chi connectivity index (χ4v) is 1.90. The van der Waals surface area contributed by atoms with E-state index in [1.165, 1.54) is 6.92 Å². The minimum Gasteiger partial charge on any atom is -0.481 e. The number of nitrogens with one attached hydrogen (secondary N) is 2. The summed E-state index contributed by atoms with van der Waals surface area (Å²) in [5, 5.41) is 6.13. The maximum absolute atomic E-state index is 11.2. The van der Waals surface area contributed by atoms with Crippen molar-refractivity contribution in [2.75, 3.05) is 17.7 Å². The molecule has 0 aliphatic heterocycles. The number of anilines is 2. The van der Waals surface area contributed by atoms with Gasteiger partial charge in [-0.15, -0.1) is 0 Å². The number of aryl methyl sites for hydroxylation is 1. The Balaban J connectivity index is 2.03. The van der Waals surface area contributed by atoms with Crippen LogP contribution in [0, 0.1) is 6.92 Å². The van der Waals surface area contributed by atoms with Gasteiger partial charge in [-0.3, -0.25) is 4.79 Å². The van der Waals surface area contributed by atoms with Crippen molar-refractivity contribution in [2.24, 2.45) is 0 Å². The highest BCUT2D eigenvalue weighted by molar-refractivity contribution is 5.90. The van der Waals surface area contributed by atoms with Crippen molar-refractivity contribution >= 4 is 17.3 Å². The second-order valence-electron chi connectivity index (χ2n) is 4.77. The van der Waals surface area contributed by atoms with Gasteiger partial charge < -0.3 is 15.4 Å². The molecule has 0 fully saturated rings. The highest BCUT2D eigenvalue weighted by Crippen LogP contribution is 2.21. The van der Waals surface area contributed by atoms with Gasteiger partial charge in [0, 0.05) is 37.1 Å². The molecule has 2 rings (SSSR count). The number of hydrogen-bond acceptors (Lipinski definition) is 4. The molecule has 0 aliphatic rings. The van der Waals surface area contributed by atoms with Crippen molar-refractivity contribution in [1.82, 2.24) is 4.98 Å². The molecule has 1 heterocycles. The van der Waals surface area contributed by atoms with E-state index in [1.807, 2.05) is 37.3 Å². The Kier molecular flexibility index (Phi) is 4.77. The van der Waals surface area contributed by atoms with E-state index in [1.54, 1.807) is 13.3 Å². The third kappa shape index (κ3) is 4.21. The summed E-state index contributed by atoms with van der Waals surface area (Å²) in [5.41, 5.74) is 3.85. The number of nitrogens with zero attached hydrogens (tertiary/aromatic N) is 1. The molecule has 1 amide bonds. The number of benzene rings is 1. The van der Waals surface area contributed by atoms with E-state index in [-0.39, 0.29) is 5.91 Å². The maximum Gasteiger partial charge on any atom is 0.221 e. The number of hydrogen-bond donors (Lipinski definition) is 2. The Morgan fingerprint density at radius 1 is 1.29 bits per heavy atom. The van der Waals surface area contributed by atoms with E-state index >= 15 is 0 Å². The van der Waals surface area contributed by atoms with Crippen LogP contribution >= 0.6 is 0 Å². The van der Waals surface area contributed by atoms with Gasteiger partial charge in [0.1, 0.15) is 0 Å². The smallest absolute Gasteiger partial charge is 0.221 e. The Morgan fingerprint density at radius 3 is 2.71 bits per heavy atom. The minimum atomic E-state index is -0.0744. The molecular weight excluding hydrogens is 266 g/mol. The Morgan fingerprint density at radius 2 is 2.10 bits per heavy atom. The molecule has 0 radical (unpaired) electrons. The Labute approximate surface area is 124 Å². The molecule has 0 atom stereocenters. The fourth-order valence-electron chi connectivity index (χ4n) is 1.90. The molecule has 1 aromatic heterocycles. The van der Waals surface area contributed by atoms with Crippen LogP contribution in [0.4, 0.5) is 11.4 Å². The number of methoxy groups -OCH3 is 1. The number of carbonyl (C=O) groups excluding carboxylic acids is 1. The monoisotopic (exact) mass is 285 g/mol. The fraction of sp³-hybridized carbons (Fsp3) is 0.250. The SMILES string of the molecule is COc1ccc(CNc2ccc(C)c(NC(C)=O)c2)cn1. The zero-order valence-electron chi connectivity index (χ0n) is 12.4. The van der Waals surface area contributed by atoms with Crippen LogP contribution in [0.25, 0.3) is 0 Å². The van der Waals surface area contributed by atoms with Crippen LogP contribution in [0.1, 0.15) is 18.1 Å². The third-order valence-corrected chi connectivity index (χ3v) is 3.05. The average molecular weight is 285 g/mol. The predicted molar refractivity (Wildman–Crippen MR) is 83.6 cm³/mol. The number of pyridine rings is 1. The molecule has 21 heavy (non-hydrogen) atoms. The predicted octanol–water partition coefficient (Wildman–Crippen LogP) is 2.97. The number of rotatable bonds is 5. The van der Waals surface area contributed by atoms with Gasteiger partial charge >= 0.3 is 0 Å². The molecule has 0 unspecified atom stereocenters. The van der Waals surface area contributed by atoms with Crippen LogP contribution in [0.5, 0.6) is 5.88 Å². The lowest BCUT2D eigenvalue weighted by molar-refractivity contribution is -0.114. The normalized spacial score (nSPS) is 10.0. The summed E-state index contributed by atoms with van der Waals surface area (Å²) in [6.45, 7) is 4.12. The molecule has 0 bridgehead atoms. The van der Waals surface area contributed by atoms with Crippen LogP contribution in [-0.4, -0.2) is 18.0 Å².